The van der Waals surface area contributed by atoms with Gasteiger partial charge in [-0.15, -0.1) is 11.3 Å². The number of nitrogens with zero attached hydrogens (tertiary/aromatic N) is 2. The first kappa shape index (κ1) is 20.0. The molecule has 0 radical (unpaired) electrons. The molecule has 0 unspecified atom stereocenters. The Balaban J connectivity index is 2.27. The first-order chi connectivity index (χ1) is 12.5. The summed E-state index contributed by atoms with van der Waals surface area (Å²) in [5.74, 6) is 0.0307. The van der Waals surface area contributed by atoms with Gasteiger partial charge in [-0.1, -0.05) is 19.9 Å². The van der Waals surface area contributed by atoms with Crippen LogP contribution in [-0.4, -0.2) is 37.4 Å². The van der Waals surface area contributed by atoms with Crippen molar-refractivity contribution in [1.82, 2.24) is 4.90 Å². The van der Waals surface area contributed by atoms with Crippen molar-refractivity contribution in [1.29, 1.82) is 0 Å². The summed E-state index contributed by atoms with van der Waals surface area (Å²) in [7, 11) is 3.96. The fourth-order valence-corrected chi connectivity index (χ4v) is 3.44. The fraction of sp³-hybridized carbons (Fsp3) is 0.400. The standard InChI is InChI=1S/C20H27N3O2S/c1-5-11-23(19(24)6-2)14-15-13-16(9-10-17(15)22(3)4)21-20(25)18-8-7-12-26-18/h7-10,12-13H,5-6,11,14H2,1-4H3,(H,21,25). The van der Waals surface area contributed by atoms with Crippen LogP contribution in [-0.2, 0) is 11.3 Å². The van der Waals surface area contributed by atoms with Gasteiger partial charge in [0.1, 0.15) is 0 Å². The van der Waals surface area contributed by atoms with Gasteiger partial charge in [0.05, 0.1) is 4.88 Å². The number of amides is 2. The van der Waals surface area contributed by atoms with Crippen LogP contribution in [0.4, 0.5) is 11.4 Å². The molecule has 0 fully saturated rings. The second-order valence-corrected chi connectivity index (χ2v) is 7.29. The van der Waals surface area contributed by atoms with E-state index in [0.717, 1.165) is 29.9 Å². The van der Waals surface area contributed by atoms with Crippen LogP contribution in [0.15, 0.2) is 35.7 Å². The normalized spacial score (nSPS) is 10.5. The molecule has 6 heteroatoms. The summed E-state index contributed by atoms with van der Waals surface area (Å²) in [4.78, 5) is 29.1. The highest BCUT2D eigenvalue weighted by Crippen LogP contribution is 2.25. The molecule has 0 aliphatic rings. The quantitative estimate of drug-likeness (QED) is 0.754. The molecule has 1 heterocycles. The average molecular weight is 374 g/mol. The largest absolute Gasteiger partial charge is 0.377 e. The molecule has 0 saturated carbocycles. The zero-order chi connectivity index (χ0) is 19.1. The highest BCUT2D eigenvalue weighted by molar-refractivity contribution is 7.12. The second-order valence-electron chi connectivity index (χ2n) is 6.34. The molecule has 0 saturated heterocycles. The number of anilines is 2. The van der Waals surface area contributed by atoms with Gasteiger partial charge in [-0.2, -0.15) is 0 Å². The van der Waals surface area contributed by atoms with Gasteiger partial charge in [0.25, 0.3) is 5.91 Å². The maximum Gasteiger partial charge on any atom is 0.265 e. The summed E-state index contributed by atoms with van der Waals surface area (Å²) in [5.41, 5.74) is 2.81. The summed E-state index contributed by atoms with van der Waals surface area (Å²) in [6.07, 6.45) is 1.41. The van der Waals surface area contributed by atoms with Gasteiger partial charge >= 0.3 is 0 Å². The Morgan fingerprint density at radius 3 is 2.50 bits per heavy atom. The lowest BCUT2D eigenvalue weighted by Gasteiger charge is -2.25. The molecule has 26 heavy (non-hydrogen) atoms. The van der Waals surface area contributed by atoms with E-state index in [-0.39, 0.29) is 11.8 Å². The number of nitrogens with one attached hydrogen (secondary N) is 1. The number of hydrogen-bond donors (Lipinski definition) is 1. The Morgan fingerprint density at radius 2 is 1.92 bits per heavy atom. The number of rotatable bonds is 8. The molecule has 1 aromatic carbocycles. The first-order valence-corrected chi connectivity index (χ1v) is 9.77. The molecule has 0 aliphatic heterocycles. The predicted octanol–water partition coefficient (Wildman–Crippen LogP) is 4.22. The minimum absolute atomic E-state index is 0.112. The monoisotopic (exact) mass is 373 g/mol. The Bertz CT molecular complexity index is 742. The third kappa shape index (κ3) is 5.08. The Hall–Kier alpha value is -2.34. The van der Waals surface area contributed by atoms with Crippen molar-refractivity contribution in [3.63, 3.8) is 0 Å². The maximum absolute atomic E-state index is 12.3. The molecule has 140 valence electrons. The number of carbonyl (C=O) groups excluding carboxylic acids is 2. The maximum atomic E-state index is 12.3. The SMILES string of the molecule is CCCN(Cc1cc(NC(=O)c2cccs2)ccc1N(C)C)C(=O)CC. The molecule has 1 aromatic heterocycles. The Kier molecular flexibility index (Phi) is 7.21. The van der Waals surface area contributed by atoms with Gasteiger partial charge < -0.3 is 15.1 Å². The van der Waals surface area contributed by atoms with Gasteiger partial charge in [0.2, 0.25) is 5.91 Å². The lowest BCUT2D eigenvalue weighted by Crippen LogP contribution is -2.31. The molecule has 0 bridgehead atoms. The van der Waals surface area contributed by atoms with E-state index < -0.39 is 0 Å². The predicted molar refractivity (Wildman–Crippen MR) is 109 cm³/mol. The summed E-state index contributed by atoms with van der Waals surface area (Å²) in [6, 6.07) is 9.51. The lowest BCUT2D eigenvalue weighted by molar-refractivity contribution is -0.131. The summed E-state index contributed by atoms with van der Waals surface area (Å²) < 4.78 is 0. The highest BCUT2D eigenvalue weighted by atomic mass is 32.1. The summed E-state index contributed by atoms with van der Waals surface area (Å²) >= 11 is 1.41. The van der Waals surface area contributed by atoms with Gasteiger partial charge in [0.15, 0.2) is 0 Å². The number of carbonyl (C=O) groups is 2. The fourth-order valence-electron chi connectivity index (χ4n) is 2.82. The second kappa shape index (κ2) is 9.38. The first-order valence-electron chi connectivity index (χ1n) is 8.89. The van der Waals surface area contributed by atoms with Gasteiger partial charge in [0, 0.05) is 45.0 Å². The number of thiophene rings is 1. The van der Waals surface area contributed by atoms with Crippen LogP contribution in [0.5, 0.6) is 0 Å². The summed E-state index contributed by atoms with van der Waals surface area (Å²) in [5, 5.41) is 4.83. The highest BCUT2D eigenvalue weighted by Gasteiger charge is 2.16. The minimum atomic E-state index is -0.112. The molecule has 0 aliphatic carbocycles. The van der Waals surface area contributed by atoms with Crippen molar-refractivity contribution in [2.24, 2.45) is 0 Å². The molecule has 0 atom stereocenters. The molecule has 2 rings (SSSR count). The van der Waals surface area contributed by atoms with E-state index in [0.29, 0.717) is 17.8 Å². The van der Waals surface area contributed by atoms with E-state index in [1.807, 2.05) is 60.5 Å². The van der Waals surface area contributed by atoms with Crippen molar-refractivity contribution < 1.29 is 9.59 Å². The molecule has 1 N–H and O–H groups in total. The van der Waals surface area contributed by atoms with Crippen LogP contribution in [0.1, 0.15) is 41.9 Å². The van der Waals surface area contributed by atoms with Crippen molar-refractivity contribution in [3.05, 3.63) is 46.2 Å². The van der Waals surface area contributed by atoms with Crippen molar-refractivity contribution in [2.75, 3.05) is 30.9 Å². The molecule has 0 spiro atoms. The van der Waals surface area contributed by atoms with E-state index in [4.69, 9.17) is 0 Å². The third-order valence-electron chi connectivity index (χ3n) is 4.07. The Morgan fingerprint density at radius 1 is 1.15 bits per heavy atom. The molecule has 5 nitrogen and oxygen atoms in total. The Labute approximate surface area is 159 Å². The minimum Gasteiger partial charge on any atom is -0.377 e. The van der Waals surface area contributed by atoms with Crippen LogP contribution >= 0.6 is 11.3 Å². The molecule has 2 aromatic rings. The lowest BCUT2D eigenvalue weighted by atomic mass is 10.1. The van der Waals surface area contributed by atoms with Gasteiger partial charge in [-0.3, -0.25) is 9.59 Å². The topological polar surface area (TPSA) is 52.7 Å². The van der Waals surface area contributed by atoms with Crippen LogP contribution in [0, 0.1) is 0 Å². The van der Waals surface area contributed by atoms with E-state index in [1.165, 1.54) is 11.3 Å². The number of benzene rings is 1. The van der Waals surface area contributed by atoms with E-state index >= 15 is 0 Å². The van der Waals surface area contributed by atoms with Crippen LogP contribution in [0.3, 0.4) is 0 Å². The molecular formula is C20H27N3O2S. The zero-order valence-electron chi connectivity index (χ0n) is 15.9. The molecule has 2 amide bonds. The number of hydrogen-bond acceptors (Lipinski definition) is 4. The van der Waals surface area contributed by atoms with Crippen molar-refractivity contribution in [3.8, 4) is 0 Å². The summed E-state index contributed by atoms with van der Waals surface area (Å²) in [6.45, 7) is 5.22. The van der Waals surface area contributed by atoms with Gasteiger partial charge in [-0.05, 0) is 41.6 Å². The zero-order valence-corrected chi connectivity index (χ0v) is 16.7. The smallest absolute Gasteiger partial charge is 0.265 e. The van der Waals surface area contributed by atoms with Crippen molar-refractivity contribution in [2.45, 2.75) is 33.2 Å². The van der Waals surface area contributed by atoms with E-state index in [1.54, 1.807) is 6.07 Å². The van der Waals surface area contributed by atoms with E-state index in [9.17, 15) is 9.59 Å². The van der Waals surface area contributed by atoms with Crippen LogP contribution in [0.2, 0.25) is 0 Å². The van der Waals surface area contributed by atoms with E-state index in [2.05, 4.69) is 12.2 Å². The van der Waals surface area contributed by atoms with Crippen LogP contribution in [0.25, 0.3) is 0 Å². The third-order valence-corrected chi connectivity index (χ3v) is 4.94. The average Bonchev–Trinajstić information content (AvgIpc) is 3.15. The van der Waals surface area contributed by atoms with Crippen LogP contribution < -0.4 is 10.2 Å². The van der Waals surface area contributed by atoms with Crippen molar-refractivity contribution >= 4 is 34.5 Å². The molecular weight excluding hydrogens is 346 g/mol. The van der Waals surface area contributed by atoms with Gasteiger partial charge in [-0.25, -0.2) is 0 Å².